The van der Waals surface area contributed by atoms with Crippen molar-refractivity contribution in [3.63, 3.8) is 0 Å². The minimum absolute atomic E-state index is 0.0280. The van der Waals surface area contributed by atoms with Crippen LogP contribution in [-0.4, -0.2) is 164 Å². The first-order valence-electron chi connectivity index (χ1n) is 27.6. The van der Waals surface area contributed by atoms with E-state index in [4.69, 9.17) is 28.4 Å². The van der Waals surface area contributed by atoms with E-state index in [1.54, 1.807) is 60.6 Å². The zero-order chi connectivity index (χ0) is 60.2. The van der Waals surface area contributed by atoms with Crippen molar-refractivity contribution >= 4 is 76.6 Å². The number of benzene rings is 3. The number of imide groups is 1. The summed E-state index contributed by atoms with van der Waals surface area (Å²) in [5.41, 5.74) is 3.86. The van der Waals surface area contributed by atoms with Crippen molar-refractivity contribution in [1.29, 1.82) is 0 Å². The van der Waals surface area contributed by atoms with Crippen molar-refractivity contribution in [1.82, 2.24) is 30.7 Å². The number of hydrogen-bond donors (Lipinski definition) is 5. The maximum absolute atomic E-state index is 14.2. The molecule has 0 radical (unpaired) electrons. The van der Waals surface area contributed by atoms with Crippen LogP contribution in [0.4, 0.5) is 21.9 Å². The molecule has 5 heterocycles. The number of methoxy groups -OCH3 is 2. The Morgan fingerprint density at radius 2 is 1.39 bits per heavy atom. The number of fused-ring (bicyclic) bond motifs is 4. The second-order valence-electron chi connectivity index (χ2n) is 20.6. The lowest BCUT2D eigenvalue weighted by atomic mass is 10.1. The van der Waals surface area contributed by atoms with Gasteiger partial charge in [-0.1, -0.05) is 30.2 Å². The predicted octanol–water partition coefficient (Wildman–Crippen LogP) is 4.55. The Hall–Kier alpha value is -9.10. The summed E-state index contributed by atoms with van der Waals surface area (Å²) in [5, 5.41) is 22.3. The lowest BCUT2D eigenvalue weighted by Crippen LogP contribution is -2.52. The third-order valence-corrected chi connectivity index (χ3v) is 14.4. The molecule has 84 heavy (non-hydrogen) atoms. The zero-order valence-electron chi connectivity index (χ0n) is 47.6. The molecular formula is C59H69N9O16. The Morgan fingerprint density at radius 3 is 2.07 bits per heavy atom. The maximum Gasteiger partial charge on any atom is 0.416 e. The molecule has 5 N–H and O–H groups in total. The van der Waals surface area contributed by atoms with Gasteiger partial charge in [0.05, 0.1) is 68.6 Å². The number of aliphatic hydroxyl groups excluding tert-OH is 1. The molecule has 0 aliphatic carbocycles. The third kappa shape index (κ3) is 14.6. The van der Waals surface area contributed by atoms with Gasteiger partial charge in [0.25, 0.3) is 23.6 Å². The highest BCUT2D eigenvalue weighted by Gasteiger charge is 2.45. The predicted molar refractivity (Wildman–Crippen MR) is 304 cm³/mol. The molecule has 0 spiro atoms. The van der Waals surface area contributed by atoms with Gasteiger partial charge >= 0.3 is 6.09 Å². The SMILES string of the molecule is CC[C@H](NC(=O)COCCNC(=O)CCN1C(=O)C=CC1=O)C(=O)N[C@@H](C)C(=O)Nc1ccc(COC(=O)N2c3cc(OCCCCCOc4cc5c(cc4OC)C(=O)N4C=C(C)C[C@H]4C=N5)c(OC)cc3C(=O)N3C=C(C)C[C@H]3[C@@H]2O)cc1. The van der Waals surface area contributed by atoms with E-state index in [9.17, 15) is 48.3 Å². The molecule has 0 aromatic heterocycles. The van der Waals surface area contributed by atoms with Gasteiger partial charge in [0.15, 0.2) is 29.2 Å². The van der Waals surface area contributed by atoms with Gasteiger partial charge in [-0.3, -0.25) is 48.2 Å². The van der Waals surface area contributed by atoms with Crippen LogP contribution in [0.2, 0.25) is 0 Å². The summed E-state index contributed by atoms with van der Waals surface area (Å²) >= 11 is 0. The Bertz CT molecular complexity index is 3160. The summed E-state index contributed by atoms with van der Waals surface area (Å²) in [5.74, 6) is -2.44. The van der Waals surface area contributed by atoms with Crippen molar-refractivity contribution in [2.24, 2.45) is 4.99 Å². The summed E-state index contributed by atoms with van der Waals surface area (Å²) in [7, 11) is 2.95. The number of nitrogens with one attached hydrogen (secondary N) is 4. The highest BCUT2D eigenvalue weighted by atomic mass is 16.6. The summed E-state index contributed by atoms with van der Waals surface area (Å²) in [6, 6.07) is 9.73. The molecule has 5 atom stereocenters. The van der Waals surface area contributed by atoms with Gasteiger partial charge in [-0.15, -0.1) is 0 Å². The van der Waals surface area contributed by atoms with E-state index in [1.165, 1.54) is 38.2 Å². The van der Waals surface area contributed by atoms with E-state index in [0.717, 1.165) is 39.5 Å². The molecule has 0 unspecified atom stereocenters. The topological polar surface area (TPSA) is 303 Å². The van der Waals surface area contributed by atoms with E-state index in [-0.39, 0.29) is 80.5 Å². The first-order chi connectivity index (χ1) is 40.4. The van der Waals surface area contributed by atoms with Gasteiger partial charge in [-0.05, 0) is 89.1 Å². The number of anilines is 2. The largest absolute Gasteiger partial charge is 0.493 e. The molecular weight excluding hydrogens is 1090 g/mol. The monoisotopic (exact) mass is 1160 g/mol. The minimum Gasteiger partial charge on any atom is -0.493 e. The van der Waals surface area contributed by atoms with Crippen molar-refractivity contribution in [2.45, 2.75) is 110 Å². The second kappa shape index (κ2) is 27.8. The number of hydrogen-bond acceptors (Lipinski definition) is 17. The molecule has 5 aliphatic heterocycles. The Kier molecular flexibility index (Phi) is 20.2. The van der Waals surface area contributed by atoms with Gasteiger partial charge in [0.2, 0.25) is 23.6 Å². The number of ether oxygens (including phenoxy) is 6. The molecule has 0 saturated heterocycles. The van der Waals surface area contributed by atoms with Crippen molar-refractivity contribution in [3.8, 4) is 23.0 Å². The van der Waals surface area contributed by atoms with E-state index in [1.807, 2.05) is 20.0 Å². The molecule has 3 aromatic carbocycles. The van der Waals surface area contributed by atoms with Crippen molar-refractivity contribution < 1.29 is 76.7 Å². The molecule has 0 fully saturated rings. The van der Waals surface area contributed by atoms with Crippen LogP contribution in [0.25, 0.3) is 0 Å². The first-order valence-corrected chi connectivity index (χ1v) is 27.6. The van der Waals surface area contributed by atoms with Crippen LogP contribution in [0.5, 0.6) is 23.0 Å². The van der Waals surface area contributed by atoms with Crippen LogP contribution >= 0.6 is 0 Å². The Labute approximate surface area is 484 Å². The fraction of sp³-hybridized carbons (Fsp3) is 0.424. The number of carbonyl (C=O) groups is 9. The lowest BCUT2D eigenvalue weighted by molar-refractivity contribution is -0.137. The summed E-state index contributed by atoms with van der Waals surface area (Å²) in [6.45, 7) is 6.81. The first kappa shape index (κ1) is 61.0. The maximum atomic E-state index is 14.2. The number of rotatable bonds is 26. The molecule has 9 amide bonds. The van der Waals surface area contributed by atoms with Crippen LogP contribution in [-0.2, 0) is 44.8 Å². The van der Waals surface area contributed by atoms with Gasteiger partial charge in [-0.2, -0.15) is 0 Å². The average molecular weight is 1160 g/mol. The van der Waals surface area contributed by atoms with Crippen molar-refractivity contribution in [2.75, 3.05) is 64.0 Å². The smallest absolute Gasteiger partial charge is 0.416 e. The van der Waals surface area contributed by atoms with Crippen LogP contribution < -0.4 is 45.1 Å². The van der Waals surface area contributed by atoms with Gasteiger partial charge < -0.3 is 64.6 Å². The van der Waals surface area contributed by atoms with E-state index in [0.29, 0.717) is 66.3 Å². The second-order valence-corrected chi connectivity index (χ2v) is 20.6. The number of aliphatic imine (C=N–C) groups is 1. The summed E-state index contributed by atoms with van der Waals surface area (Å²) in [4.78, 5) is 126. The Balaban J connectivity index is 0.800. The molecule has 25 heteroatoms. The highest BCUT2D eigenvalue weighted by molar-refractivity contribution is 6.13. The van der Waals surface area contributed by atoms with Crippen LogP contribution in [0.15, 0.2) is 89.2 Å². The molecule has 0 saturated carbocycles. The van der Waals surface area contributed by atoms with E-state index in [2.05, 4.69) is 26.3 Å². The quantitative estimate of drug-likeness (QED) is 0.0544. The number of aliphatic hydroxyl groups is 1. The minimum atomic E-state index is -1.53. The molecule has 5 aliphatic rings. The molecule has 446 valence electrons. The fourth-order valence-corrected chi connectivity index (χ4v) is 9.92. The highest BCUT2D eigenvalue weighted by Crippen LogP contribution is 2.43. The van der Waals surface area contributed by atoms with Crippen LogP contribution in [0, 0.1) is 0 Å². The lowest BCUT2D eigenvalue weighted by Gasteiger charge is -2.31. The molecule has 3 aromatic rings. The summed E-state index contributed by atoms with van der Waals surface area (Å²) < 4.78 is 34.7. The zero-order valence-corrected chi connectivity index (χ0v) is 47.6. The number of nitrogens with zero attached hydrogens (tertiary/aromatic N) is 5. The van der Waals surface area contributed by atoms with Gasteiger partial charge in [0, 0.05) is 68.1 Å². The molecule has 25 nitrogen and oxygen atoms in total. The normalized spacial score (nSPS) is 18.3. The van der Waals surface area contributed by atoms with Gasteiger partial charge in [-0.25, -0.2) is 9.69 Å². The fourth-order valence-electron chi connectivity index (χ4n) is 9.92. The number of unbranched alkanes of at least 4 members (excludes halogenated alkanes) is 2. The average Bonchev–Trinajstić information content (AvgIpc) is 2.73. The standard InChI is InChI=1S/C59H69N9O16/c1-7-42(64-51(70)33-81-22-18-60-50(69)17-19-65-52(71)15-16-53(65)72)55(74)62-36(4)54(73)63-38-13-11-37(12-14-38)32-84-59(78)68-44-28-49(47(80-6)26-41(44)57(76)67-31-35(3)24-45(67)58(68)77)83-21-10-8-9-20-82-48-27-43-40(25-46(48)79-5)56(75)66-30-34(2)23-39(66)29-61-43/h11-16,25-31,36,39,42,45,58,77H,7-10,17-24,32-33H2,1-6H3,(H,60,69)(H,62,74)(H,63,73)(H,64,70)/t36-,39-,42-,45-,58-/m0/s1. The molecule has 8 rings (SSSR count). The van der Waals surface area contributed by atoms with Crippen LogP contribution in [0.3, 0.4) is 0 Å². The number of amides is 9. The molecule has 0 bridgehead atoms. The van der Waals surface area contributed by atoms with Crippen molar-refractivity contribution in [3.05, 3.63) is 101 Å². The Morgan fingerprint density at radius 1 is 0.750 bits per heavy atom. The van der Waals surface area contributed by atoms with Gasteiger partial charge in [0.1, 0.15) is 25.3 Å². The third-order valence-electron chi connectivity index (χ3n) is 14.4. The van der Waals surface area contributed by atoms with E-state index < -0.39 is 78.4 Å². The van der Waals surface area contributed by atoms with Crippen LogP contribution in [0.1, 0.15) is 98.9 Å². The number of carbonyl (C=O) groups excluding carboxylic acids is 9. The summed E-state index contributed by atoms with van der Waals surface area (Å²) in [6.07, 6.45) is 8.11. The van der Waals surface area contributed by atoms with E-state index >= 15 is 0 Å².